The number of aromatic nitrogens is 3. The van der Waals surface area contributed by atoms with Crippen LogP contribution in [0.4, 0.5) is 16.7 Å². The zero-order valence-corrected chi connectivity index (χ0v) is 26.0. The molecule has 0 aliphatic carbocycles. The smallest absolute Gasteiger partial charge is 0.328 e. The van der Waals surface area contributed by atoms with Crippen LogP contribution in [0.15, 0.2) is 47.4 Å². The van der Waals surface area contributed by atoms with Crippen molar-refractivity contribution in [1.82, 2.24) is 19.9 Å². The van der Waals surface area contributed by atoms with E-state index in [1.807, 2.05) is 41.0 Å². The number of anilines is 2. The van der Waals surface area contributed by atoms with Crippen LogP contribution in [-0.2, 0) is 14.3 Å². The van der Waals surface area contributed by atoms with Crippen LogP contribution in [0.1, 0.15) is 11.1 Å². The van der Waals surface area contributed by atoms with Gasteiger partial charge in [0.2, 0.25) is 11.9 Å². The van der Waals surface area contributed by atoms with Crippen molar-refractivity contribution in [3.63, 3.8) is 0 Å². The number of aryl methyl sites for hydroxylation is 1. The number of thioether (sulfide) groups is 1. The molecule has 2 amide bonds. The minimum atomic E-state index is -0.367. The lowest BCUT2D eigenvalue weighted by Crippen LogP contribution is -2.40. The predicted molar refractivity (Wildman–Crippen MR) is 168 cm³/mol. The molecule has 0 spiro atoms. The molecular formula is C31H34N6O7S. The van der Waals surface area contributed by atoms with Gasteiger partial charge in [0.1, 0.15) is 12.4 Å². The summed E-state index contributed by atoms with van der Waals surface area (Å²) in [6.45, 7) is 7.34. The van der Waals surface area contributed by atoms with Crippen molar-refractivity contribution in [2.24, 2.45) is 0 Å². The maximum absolute atomic E-state index is 13.1. The molecule has 4 heterocycles. The highest BCUT2D eigenvalue weighted by molar-refractivity contribution is 8.18. The van der Waals surface area contributed by atoms with Crippen LogP contribution in [0.3, 0.4) is 0 Å². The lowest BCUT2D eigenvalue weighted by Gasteiger charge is -2.30. The van der Waals surface area contributed by atoms with Crippen molar-refractivity contribution in [2.75, 3.05) is 82.7 Å². The highest BCUT2D eigenvalue weighted by Crippen LogP contribution is 2.36. The van der Waals surface area contributed by atoms with Gasteiger partial charge >= 0.3 is 6.01 Å². The molecule has 236 valence electrons. The Morgan fingerprint density at radius 3 is 2.13 bits per heavy atom. The van der Waals surface area contributed by atoms with Gasteiger partial charge in [-0.3, -0.25) is 14.5 Å². The third-order valence-electron chi connectivity index (χ3n) is 7.34. The van der Waals surface area contributed by atoms with Gasteiger partial charge < -0.3 is 33.5 Å². The second-order valence-electron chi connectivity index (χ2n) is 10.4. The standard InChI is InChI=1S/C31H34N6O7S/c1-21-3-6-23(7-4-21)43-18-13-37-27(38)26(45-31(37)39)20-22-5-8-24(25(19-22)40-2)44-30-33-28(35-9-14-41-15-10-35)32-29(34-30)36-11-16-42-17-12-36/h3-8,19-20H,9-18H2,1-2H3/b26-20-. The molecule has 1 aromatic heterocycles. The van der Waals surface area contributed by atoms with Gasteiger partial charge in [0.15, 0.2) is 11.5 Å². The molecule has 0 saturated carbocycles. The number of ether oxygens (including phenoxy) is 5. The fourth-order valence-electron chi connectivity index (χ4n) is 4.88. The predicted octanol–water partition coefficient (Wildman–Crippen LogP) is 3.77. The molecule has 3 aromatic rings. The molecule has 0 atom stereocenters. The highest BCUT2D eigenvalue weighted by atomic mass is 32.2. The molecule has 0 unspecified atom stereocenters. The van der Waals surface area contributed by atoms with E-state index in [1.54, 1.807) is 24.3 Å². The Kier molecular flexibility index (Phi) is 9.62. The summed E-state index contributed by atoms with van der Waals surface area (Å²) in [7, 11) is 1.53. The Morgan fingerprint density at radius 2 is 1.51 bits per heavy atom. The Labute approximate surface area is 265 Å². The Morgan fingerprint density at radius 1 is 0.867 bits per heavy atom. The van der Waals surface area contributed by atoms with Crippen LogP contribution in [-0.4, -0.2) is 104 Å². The van der Waals surface area contributed by atoms with Gasteiger partial charge in [-0.05, 0) is 54.6 Å². The number of benzene rings is 2. The monoisotopic (exact) mass is 634 g/mol. The number of rotatable bonds is 10. The number of amides is 2. The number of carbonyl (C=O) groups is 2. The molecule has 3 aliphatic heterocycles. The lowest BCUT2D eigenvalue weighted by molar-refractivity contribution is -0.123. The highest BCUT2D eigenvalue weighted by Gasteiger charge is 2.35. The molecular weight excluding hydrogens is 600 g/mol. The van der Waals surface area contributed by atoms with Crippen LogP contribution < -0.4 is 24.0 Å². The van der Waals surface area contributed by atoms with Crippen molar-refractivity contribution < 1.29 is 33.3 Å². The van der Waals surface area contributed by atoms with Crippen LogP contribution >= 0.6 is 11.8 Å². The third-order valence-corrected chi connectivity index (χ3v) is 8.25. The molecule has 0 N–H and O–H groups in total. The van der Waals surface area contributed by atoms with Gasteiger partial charge in [0.25, 0.3) is 11.1 Å². The van der Waals surface area contributed by atoms with Crippen LogP contribution in [0.2, 0.25) is 0 Å². The van der Waals surface area contributed by atoms with E-state index in [0.29, 0.717) is 92.2 Å². The van der Waals surface area contributed by atoms with E-state index in [2.05, 4.69) is 9.97 Å². The fraction of sp³-hybridized carbons (Fsp3) is 0.387. The summed E-state index contributed by atoms with van der Waals surface area (Å²) in [5.41, 5.74) is 1.79. The topological polar surface area (TPSA) is 129 Å². The summed E-state index contributed by atoms with van der Waals surface area (Å²) in [5, 5.41) is -0.340. The third kappa shape index (κ3) is 7.47. The molecule has 3 saturated heterocycles. The van der Waals surface area contributed by atoms with Gasteiger partial charge in [-0.2, -0.15) is 15.0 Å². The lowest BCUT2D eigenvalue weighted by atomic mass is 10.2. The molecule has 45 heavy (non-hydrogen) atoms. The maximum atomic E-state index is 13.1. The zero-order valence-electron chi connectivity index (χ0n) is 25.1. The normalized spacial score (nSPS) is 18.1. The fourth-order valence-corrected chi connectivity index (χ4v) is 5.75. The average molecular weight is 635 g/mol. The van der Waals surface area contributed by atoms with E-state index >= 15 is 0 Å². The van der Waals surface area contributed by atoms with Crippen molar-refractivity contribution in [2.45, 2.75) is 6.92 Å². The van der Waals surface area contributed by atoms with Crippen molar-refractivity contribution in [3.8, 4) is 23.3 Å². The first kappa shape index (κ1) is 30.6. The minimum absolute atomic E-state index is 0.132. The second kappa shape index (κ2) is 14.1. The number of nitrogens with zero attached hydrogens (tertiary/aromatic N) is 6. The van der Waals surface area contributed by atoms with Gasteiger partial charge in [-0.25, -0.2) is 0 Å². The van der Waals surface area contributed by atoms with E-state index in [4.69, 9.17) is 28.7 Å². The number of hydrogen-bond acceptors (Lipinski definition) is 13. The second-order valence-corrected chi connectivity index (χ2v) is 11.4. The quantitative estimate of drug-likeness (QED) is 0.301. The molecule has 14 heteroatoms. The number of morpholine rings is 2. The van der Waals surface area contributed by atoms with Crippen molar-refractivity contribution in [3.05, 3.63) is 58.5 Å². The molecule has 2 aromatic carbocycles. The summed E-state index contributed by atoms with van der Waals surface area (Å²) < 4.78 is 28.5. The van der Waals surface area contributed by atoms with Crippen LogP contribution in [0, 0.1) is 6.92 Å². The Bertz CT molecular complexity index is 1520. The summed E-state index contributed by atoms with van der Waals surface area (Å²) in [6, 6.07) is 13.0. The number of methoxy groups -OCH3 is 1. The zero-order chi connectivity index (χ0) is 31.2. The summed E-state index contributed by atoms with van der Waals surface area (Å²) >= 11 is 0.892. The molecule has 6 rings (SSSR count). The van der Waals surface area contributed by atoms with E-state index in [1.165, 1.54) is 12.0 Å². The first-order valence-electron chi connectivity index (χ1n) is 14.7. The van der Waals surface area contributed by atoms with Crippen molar-refractivity contribution in [1.29, 1.82) is 0 Å². The average Bonchev–Trinajstić information content (AvgIpc) is 3.34. The summed E-state index contributed by atoms with van der Waals surface area (Å²) in [5.74, 6) is 2.15. The summed E-state index contributed by atoms with van der Waals surface area (Å²) in [4.78, 5) is 45.2. The van der Waals surface area contributed by atoms with Gasteiger partial charge in [0.05, 0.1) is 45.0 Å². The SMILES string of the molecule is COc1cc(/C=C2\SC(=O)N(CCOc3ccc(C)cc3)C2=O)ccc1Oc1nc(N2CCOCC2)nc(N2CCOCC2)n1. The van der Waals surface area contributed by atoms with Gasteiger partial charge in [0, 0.05) is 26.2 Å². The van der Waals surface area contributed by atoms with Gasteiger partial charge in [-0.15, -0.1) is 0 Å². The first-order chi connectivity index (χ1) is 22.0. The van der Waals surface area contributed by atoms with E-state index in [-0.39, 0.29) is 30.3 Å². The molecule has 0 bridgehead atoms. The minimum Gasteiger partial charge on any atom is -0.493 e. The first-order valence-corrected chi connectivity index (χ1v) is 15.5. The Hall–Kier alpha value is -4.40. The summed E-state index contributed by atoms with van der Waals surface area (Å²) in [6.07, 6.45) is 1.66. The molecule has 13 nitrogen and oxygen atoms in total. The maximum Gasteiger partial charge on any atom is 0.328 e. The van der Waals surface area contributed by atoms with E-state index < -0.39 is 0 Å². The number of imide groups is 1. The number of hydrogen-bond donors (Lipinski definition) is 0. The van der Waals surface area contributed by atoms with Crippen LogP contribution in [0.25, 0.3) is 6.08 Å². The largest absolute Gasteiger partial charge is 0.493 e. The molecule has 0 radical (unpaired) electrons. The van der Waals surface area contributed by atoms with Gasteiger partial charge in [-0.1, -0.05) is 23.8 Å². The van der Waals surface area contributed by atoms with Crippen LogP contribution in [0.5, 0.6) is 23.3 Å². The molecule has 3 aliphatic rings. The van der Waals surface area contributed by atoms with E-state index in [0.717, 1.165) is 17.3 Å². The Balaban J connectivity index is 1.16. The molecule has 3 fully saturated rings. The van der Waals surface area contributed by atoms with E-state index in [9.17, 15) is 9.59 Å². The number of carbonyl (C=O) groups excluding carboxylic acids is 2. The van der Waals surface area contributed by atoms with Crippen molar-refractivity contribution >= 4 is 40.9 Å².